The molecule has 0 aliphatic rings. The first-order chi connectivity index (χ1) is 7.92. The molecule has 16 heavy (non-hydrogen) atoms. The van der Waals surface area contributed by atoms with Crippen molar-refractivity contribution in [3.8, 4) is 11.5 Å². The van der Waals surface area contributed by atoms with Crippen molar-refractivity contribution in [3.63, 3.8) is 0 Å². The van der Waals surface area contributed by atoms with Gasteiger partial charge in [0.2, 0.25) is 0 Å². The predicted octanol–water partition coefficient (Wildman–Crippen LogP) is 4.23. The van der Waals surface area contributed by atoms with Gasteiger partial charge in [0.05, 0.1) is 12.5 Å². The molecule has 3 aromatic rings. The van der Waals surface area contributed by atoms with Crippen molar-refractivity contribution in [3.05, 3.63) is 61.1 Å². The topological polar surface area (TPSA) is 22.4 Å². The minimum absolute atomic E-state index is 0.820. The monoisotopic (exact) mass is 210 g/mol. The van der Waals surface area contributed by atoms with Crippen LogP contribution in [0, 0.1) is 0 Å². The van der Waals surface area contributed by atoms with E-state index in [0.717, 1.165) is 22.3 Å². The van der Waals surface area contributed by atoms with Gasteiger partial charge in [-0.15, -0.1) is 0 Å². The second-order valence-corrected chi connectivity index (χ2v) is 3.58. The van der Waals surface area contributed by atoms with E-state index >= 15 is 0 Å². The Bertz CT molecular complexity index is 596. The fourth-order valence-corrected chi connectivity index (χ4v) is 1.63. The number of ether oxygens (including phenoxy) is 1. The maximum Gasteiger partial charge on any atom is 0.128 e. The quantitative estimate of drug-likeness (QED) is 0.631. The van der Waals surface area contributed by atoms with E-state index in [1.54, 1.807) is 12.5 Å². The van der Waals surface area contributed by atoms with Crippen LogP contribution in [-0.2, 0) is 0 Å². The number of hydrogen-bond donors (Lipinski definition) is 0. The van der Waals surface area contributed by atoms with Gasteiger partial charge >= 0.3 is 0 Å². The molecular weight excluding hydrogens is 200 g/mol. The van der Waals surface area contributed by atoms with Crippen molar-refractivity contribution in [2.45, 2.75) is 0 Å². The van der Waals surface area contributed by atoms with Crippen molar-refractivity contribution in [1.82, 2.24) is 0 Å². The maximum atomic E-state index is 5.71. The molecule has 0 N–H and O–H groups in total. The van der Waals surface area contributed by atoms with Gasteiger partial charge < -0.3 is 9.15 Å². The summed E-state index contributed by atoms with van der Waals surface area (Å²) in [6.07, 6.45) is 3.44. The Balaban J connectivity index is 1.94. The second kappa shape index (κ2) is 3.74. The molecule has 2 nitrogen and oxygen atoms in total. The van der Waals surface area contributed by atoms with Gasteiger partial charge in [0, 0.05) is 10.8 Å². The van der Waals surface area contributed by atoms with E-state index in [4.69, 9.17) is 9.15 Å². The number of hydrogen-bond acceptors (Lipinski definition) is 2. The van der Waals surface area contributed by atoms with Crippen LogP contribution in [0.25, 0.3) is 10.8 Å². The number of fused-ring (bicyclic) bond motifs is 1. The minimum Gasteiger partial charge on any atom is -0.471 e. The largest absolute Gasteiger partial charge is 0.471 e. The van der Waals surface area contributed by atoms with E-state index in [1.165, 1.54) is 0 Å². The molecule has 0 radical (unpaired) electrons. The zero-order chi connectivity index (χ0) is 10.8. The summed E-state index contributed by atoms with van der Waals surface area (Å²) in [7, 11) is 0. The molecule has 78 valence electrons. The molecule has 1 aromatic heterocycles. The minimum atomic E-state index is 0.820. The fraction of sp³-hybridized carbons (Fsp3) is 0. The summed E-state index contributed by atoms with van der Waals surface area (Å²) >= 11 is 0. The van der Waals surface area contributed by atoms with Crippen molar-refractivity contribution in [1.29, 1.82) is 0 Å². The molecular formula is C14H10O2. The Morgan fingerprint density at radius 2 is 1.56 bits per heavy atom. The first-order valence-corrected chi connectivity index (χ1v) is 5.11. The highest BCUT2D eigenvalue weighted by Crippen LogP contribution is 2.25. The lowest BCUT2D eigenvalue weighted by Crippen LogP contribution is -1.82. The lowest BCUT2D eigenvalue weighted by molar-refractivity contribution is 0.483. The third kappa shape index (κ3) is 1.65. The summed E-state index contributed by atoms with van der Waals surface area (Å²) in [6, 6.07) is 15.6. The number of furan rings is 1. The lowest BCUT2D eigenvalue weighted by atomic mass is 10.2. The molecule has 0 saturated heterocycles. The summed E-state index contributed by atoms with van der Waals surface area (Å²) in [5, 5.41) is 2.13. The van der Waals surface area contributed by atoms with Crippen molar-refractivity contribution < 1.29 is 9.15 Å². The first-order valence-electron chi connectivity index (χ1n) is 5.11. The molecule has 0 spiro atoms. The van der Waals surface area contributed by atoms with Gasteiger partial charge in [-0.1, -0.05) is 18.2 Å². The zero-order valence-electron chi connectivity index (χ0n) is 8.59. The second-order valence-electron chi connectivity index (χ2n) is 3.58. The fourth-order valence-electron chi connectivity index (χ4n) is 1.63. The van der Waals surface area contributed by atoms with Crippen LogP contribution in [0.4, 0.5) is 0 Å². The highest BCUT2D eigenvalue weighted by molar-refractivity contribution is 5.82. The smallest absolute Gasteiger partial charge is 0.128 e. The third-order valence-corrected chi connectivity index (χ3v) is 2.43. The van der Waals surface area contributed by atoms with Gasteiger partial charge in [0.15, 0.2) is 0 Å². The average Bonchev–Trinajstić information content (AvgIpc) is 2.77. The summed E-state index contributed by atoms with van der Waals surface area (Å²) in [4.78, 5) is 0. The van der Waals surface area contributed by atoms with Crippen LogP contribution in [0.1, 0.15) is 0 Å². The Morgan fingerprint density at radius 1 is 0.750 bits per heavy atom. The van der Waals surface area contributed by atoms with Crippen molar-refractivity contribution >= 4 is 10.8 Å². The first kappa shape index (κ1) is 9.04. The molecule has 0 atom stereocenters. The van der Waals surface area contributed by atoms with Crippen LogP contribution < -0.4 is 4.74 Å². The number of benzene rings is 2. The van der Waals surface area contributed by atoms with Gasteiger partial charge in [-0.3, -0.25) is 0 Å². The SMILES string of the molecule is c1ccc(Oc2ccc3cocc3c2)cc1. The third-order valence-electron chi connectivity index (χ3n) is 2.43. The van der Waals surface area contributed by atoms with E-state index < -0.39 is 0 Å². The van der Waals surface area contributed by atoms with Crippen LogP contribution >= 0.6 is 0 Å². The van der Waals surface area contributed by atoms with Crippen LogP contribution in [0.15, 0.2) is 65.5 Å². The summed E-state index contributed by atoms with van der Waals surface area (Å²) < 4.78 is 10.8. The highest BCUT2D eigenvalue weighted by atomic mass is 16.5. The van der Waals surface area contributed by atoms with E-state index in [9.17, 15) is 0 Å². The summed E-state index contributed by atoms with van der Waals surface area (Å²) in [6.45, 7) is 0. The number of rotatable bonds is 2. The number of para-hydroxylation sites is 1. The molecule has 3 rings (SSSR count). The molecule has 0 unspecified atom stereocenters. The van der Waals surface area contributed by atoms with Crippen LogP contribution in [-0.4, -0.2) is 0 Å². The molecule has 2 heteroatoms. The van der Waals surface area contributed by atoms with E-state index in [0.29, 0.717) is 0 Å². The Labute approximate surface area is 93.1 Å². The highest BCUT2D eigenvalue weighted by Gasteiger charge is 2.00. The maximum absolute atomic E-state index is 5.71. The molecule has 0 amide bonds. The Morgan fingerprint density at radius 3 is 2.44 bits per heavy atom. The van der Waals surface area contributed by atoms with Crippen LogP contribution in [0.2, 0.25) is 0 Å². The zero-order valence-corrected chi connectivity index (χ0v) is 8.59. The Hall–Kier alpha value is -2.22. The predicted molar refractivity (Wildman–Crippen MR) is 62.7 cm³/mol. The van der Waals surface area contributed by atoms with Gasteiger partial charge in [-0.05, 0) is 30.3 Å². The lowest BCUT2D eigenvalue weighted by Gasteiger charge is -2.04. The van der Waals surface area contributed by atoms with E-state index in [1.807, 2.05) is 48.5 Å². The molecule has 0 aliphatic carbocycles. The molecule has 0 saturated carbocycles. The molecule has 0 fully saturated rings. The normalized spacial score (nSPS) is 10.5. The van der Waals surface area contributed by atoms with Crippen LogP contribution in [0.5, 0.6) is 11.5 Å². The van der Waals surface area contributed by atoms with Crippen molar-refractivity contribution in [2.75, 3.05) is 0 Å². The van der Waals surface area contributed by atoms with Crippen LogP contribution in [0.3, 0.4) is 0 Å². The molecule has 2 aromatic carbocycles. The molecule has 0 aliphatic heterocycles. The van der Waals surface area contributed by atoms with E-state index in [-0.39, 0.29) is 0 Å². The molecule has 0 bridgehead atoms. The summed E-state index contributed by atoms with van der Waals surface area (Å²) in [5.41, 5.74) is 0. The van der Waals surface area contributed by atoms with Gasteiger partial charge in [0.25, 0.3) is 0 Å². The van der Waals surface area contributed by atoms with E-state index in [2.05, 4.69) is 0 Å². The average molecular weight is 210 g/mol. The standard InChI is InChI=1S/C14H10O2/c1-2-4-13(5-3-1)16-14-7-6-11-9-15-10-12(11)8-14/h1-10H. The van der Waals surface area contributed by atoms with Gasteiger partial charge in [-0.2, -0.15) is 0 Å². The molecule has 1 heterocycles. The summed E-state index contributed by atoms with van der Waals surface area (Å²) in [5.74, 6) is 1.66. The van der Waals surface area contributed by atoms with Gasteiger partial charge in [0.1, 0.15) is 11.5 Å². The van der Waals surface area contributed by atoms with Crippen molar-refractivity contribution in [2.24, 2.45) is 0 Å². The Kier molecular flexibility index (Phi) is 2.11. The van der Waals surface area contributed by atoms with Gasteiger partial charge in [-0.25, -0.2) is 0 Å².